The van der Waals surface area contributed by atoms with E-state index >= 15 is 0 Å². The fraction of sp³-hybridized carbons (Fsp3) is 0.750. The summed E-state index contributed by atoms with van der Waals surface area (Å²) >= 11 is 0. The Bertz CT molecular complexity index is 537. The number of hydrogen-bond acceptors (Lipinski definition) is 10. The Kier molecular flexibility index (Phi) is 10.3. The third-order valence-electron chi connectivity index (χ3n) is 2.97. The average Bonchev–Trinajstić information content (AvgIpc) is 2.53. The summed E-state index contributed by atoms with van der Waals surface area (Å²) in [6, 6.07) is 0. The Balaban J connectivity index is 5.81. The minimum absolute atomic E-state index is 0.392. The SMILES string of the molecule is [2H][C@@](COC(C)=O)(OC(C)=O)[C@@H](OC)[C@H](OC)[C@@H](COC(C)=O)OC(C)=O. The summed E-state index contributed by atoms with van der Waals surface area (Å²) in [6.45, 7) is 3.42. The first-order valence-electron chi connectivity index (χ1n) is 8.16. The molecule has 150 valence electrons. The summed E-state index contributed by atoms with van der Waals surface area (Å²) in [7, 11) is 2.44. The Morgan fingerprint density at radius 3 is 1.58 bits per heavy atom. The van der Waals surface area contributed by atoms with Crippen molar-refractivity contribution in [2.24, 2.45) is 0 Å². The molecule has 0 aliphatic rings. The van der Waals surface area contributed by atoms with Gasteiger partial charge in [-0.1, -0.05) is 0 Å². The second kappa shape index (κ2) is 12.2. The van der Waals surface area contributed by atoms with Crippen molar-refractivity contribution < 1.29 is 49.0 Å². The molecule has 0 saturated heterocycles. The van der Waals surface area contributed by atoms with E-state index in [9.17, 15) is 19.2 Å². The van der Waals surface area contributed by atoms with Crippen LogP contribution in [0.4, 0.5) is 0 Å². The Labute approximate surface area is 153 Å². The molecule has 0 amide bonds. The van der Waals surface area contributed by atoms with Gasteiger partial charge in [-0.3, -0.25) is 19.2 Å². The predicted octanol–water partition coefficient (Wildman–Crippen LogP) is 0.00600. The molecule has 4 atom stereocenters. The van der Waals surface area contributed by atoms with Crippen molar-refractivity contribution in [3.8, 4) is 0 Å². The molecule has 10 heteroatoms. The molecule has 0 spiro atoms. The highest BCUT2D eigenvalue weighted by molar-refractivity contribution is 5.67. The van der Waals surface area contributed by atoms with Crippen LogP contribution in [0, 0.1) is 0 Å². The van der Waals surface area contributed by atoms with Crippen molar-refractivity contribution in [1.82, 2.24) is 0 Å². The summed E-state index contributed by atoms with van der Waals surface area (Å²) in [6.07, 6.45) is -5.98. The van der Waals surface area contributed by atoms with Gasteiger partial charge >= 0.3 is 23.9 Å². The summed E-state index contributed by atoms with van der Waals surface area (Å²) in [5.74, 6) is -2.88. The van der Waals surface area contributed by atoms with Crippen molar-refractivity contribution in [1.29, 1.82) is 0 Å². The molecule has 0 rings (SSSR count). The Morgan fingerprint density at radius 1 is 0.731 bits per heavy atom. The van der Waals surface area contributed by atoms with Gasteiger partial charge in [-0.2, -0.15) is 0 Å². The van der Waals surface area contributed by atoms with Crippen LogP contribution in [0.15, 0.2) is 0 Å². The van der Waals surface area contributed by atoms with Crippen molar-refractivity contribution in [2.45, 2.75) is 52.1 Å². The zero-order valence-corrected chi connectivity index (χ0v) is 15.7. The molecule has 0 fully saturated rings. The molecular formula is C16H26O10. The Morgan fingerprint density at radius 2 is 1.19 bits per heavy atom. The number of methoxy groups -OCH3 is 2. The molecule has 0 radical (unpaired) electrons. The summed E-state index contributed by atoms with van der Waals surface area (Å²) < 4.78 is 38.8. The molecule has 0 aromatic heterocycles. The molecule has 0 heterocycles. The van der Waals surface area contributed by atoms with E-state index in [1.807, 2.05) is 0 Å². The van der Waals surface area contributed by atoms with Gasteiger partial charge in [0, 0.05) is 41.9 Å². The first-order chi connectivity index (χ1) is 12.5. The molecule has 10 nitrogen and oxygen atoms in total. The zero-order valence-electron chi connectivity index (χ0n) is 16.7. The highest BCUT2D eigenvalue weighted by atomic mass is 16.6. The number of hydrogen-bond donors (Lipinski definition) is 0. The van der Waals surface area contributed by atoms with Gasteiger partial charge in [0.2, 0.25) is 0 Å². The lowest BCUT2D eigenvalue weighted by molar-refractivity contribution is -0.194. The van der Waals surface area contributed by atoms with E-state index in [1.165, 1.54) is 14.2 Å². The summed E-state index contributed by atoms with van der Waals surface area (Å²) in [4.78, 5) is 45.1. The van der Waals surface area contributed by atoms with Gasteiger partial charge < -0.3 is 28.4 Å². The van der Waals surface area contributed by atoms with E-state index in [1.54, 1.807) is 0 Å². The van der Waals surface area contributed by atoms with E-state index in [0.29, 0.717) is 0 Å². The van der Waals surface area contributed by atoms with Crippen LogP contribution in [0.1, 0.15) is 29.1 Å². The number of carbonyl (C=O) groups is 4. The van der Waals surface area contributed by atoms with Gasteiger partial charge in [0.25, 0.3) is 0 Å². The van der Waals surface area contributed by atoms with Crippen LogP contribution in [-0.4, -0.2) is 75.7 Å². The van der Waals surface area contributed by atoms with Gasteiger partial charge in [0.05, 0.1) is 1.37 Å². The van der Waals surface area contributed by atoms with Crippen LogP contribution in [0.5, 0.6) is 0 Å². The number of esters is 4. The molecule has 0 aromatic rings. The smallest absolute Gasteiger partial charge is 0.303 e. The van der Waals surface area contributed by atoms with Crippen molar-refractivity contribution in [3.05, 3.63) is 0 Å². The Hall–Kier alpha value is -2.20. The molecule has 0 aromatic carbocycles. The van der Waals surface area contributed by atoms with Gasteiger partial charge in [-0.05, 0) is 0 Å². The normalized spacial score (nSPS) is 16.9. The van der Waals surface area contributed by atoms with Crippen LogP contribution < -0.4 is 0 Å². The summed E-state index contributed by atoms with van der Waals surface area (Å²) in [5, 5.41) is 0. The topological polar surface area (TPSA) is 124 Å². The maximum atomic E-state index is 11.5. The average molecular weight is 379 g/mol. The van der Waals surface area contributed by atoms with Crippen LogP contribution in [0.3, 0.4) is 0 Å². The van der Waals surface area contributed by atoms with Crippen molar-refractivity contribution >= 4 is 23.9 Å². The fourth-order valence-electron chi connectivity index (χ4n) is 2.05. The standard InChI is InChI=1S/C16H26O10/c1-9(17)23-7-13(25-11(3)19)15(21-5)16(22-6)14(26-12(4)20)8-24-10(2)18/h13-16H,7-8H2,1-6H3/t13-,14+,15-,16-/m1/s1/i13D/t13-,14+,15+,16+/m0. The van der Waals surface area contributed by atoms with Gasteiger partial charge in [0.15, 0.2) is 12.2 Å². The molecule has 0 aliphatic carbocycles. The number of carbonyl (C=O) groups excluding carboxylic acids is 4. The lowest BCUT2D eigenvalue weighted by atomic mass is 10.0. The number of rotatable bonds is 11. The van der Waals surface area contributed by atoms with Crippen LogP contribution in [0.2, 0.25) is 0 Å². The van der Waals surface area contributed by atoms with Gasteiger partial charge in [-0.15, -0.1) is 0 Å². The van der Waals surface area contributed by atoms with Gasteiger partial charge in [0.1, 0.15) is 25.4 Å². The lowest BCUT2D eigenvalue weighted by Crippen LogP contribution is -2.52. The molecule has 0 bridgehead atoms. The van der Waals surface area contributed by atoms with E-state index in [-0.39, 0.29) is 0 Å². The highest BCUT2D eigenvalue weighted by Crippen LogP contribution is 2.18. The lowest BCUT2D eigenvalue weighted by Gasteiger charge is -2.34. The molecular weight excluding hydrogens is 352 g/mol. The van der Waals surface area contributed by atoms with E-state index in [0.717, 1.165) is 27.7 Å². The monoisotopic (exact) mass is 379 g/mol. The molecule has 0 unspecified atom stereocenters. The zero-order chi connectivity index (χ0) is 21.2. The van der Waals surface area contributed by atoms with Crippen LogP contribution in [0.25, 0.3) is 0 Å². The summed E-state index contributed by atoms with van der Waals surface area (Å²) in [5.41, 5.74) is 0. The molecule has 26 heavy (non-hydrogen) atoms. The fourth-order valence-corrected chi connectivity index (χ4v) is 2.05. The minimum atomic E-state index is -2.22. The third kappa shape index (κ3) is 9.33. The maximum absolute atomic E-state index is 11.5. The van der Waals surface area contributed by atoms with Crippen molar-refractivity contribution in [3.63, 3.8) is 0 Å². The van der Waals surface area contributed by atoms with Crippen LogP contribution in [-0.2, 0) is 47.6 Å². The van der Waals surface area contributed by atoms with E-state index < -0.39 is 61.5 Å². The molecule has 0 N–H and O–H groups in total. The first kappa shape index (κ1) is 21.8. The predicted molar refractivity (Wildman–Crippen MR) is 86.0 cm³/mol. The maximum Gasteiger partial charge on any atom is 0.303 e. The van der Waals surface area contributed by atoms with Gasteiger partial charge in [-0.25, -0.2) is 0 Å². The largest absolute Gasteiger partial charge is 0.462 e. The van der Waals surface area contributed by atoms with Crippen LogP contribution >= 0.6 is 0 Å². The molecule has 0 aliphatic heterocycles. The van der Waals surface area contributed by atoms with E-state index in [4.69, 9.17) is 29.8 Å². The second-order valence-electron chi connectivity index (χ2n) is 5.15. The third-order valence-corrected chi connectivity index (χ3v) is 2.97. The van der Waals surface area contributed by atoms with Crippen molar-refractivity contribution in [2.75, 3.05) is 27.4 Å². The quantitative estimate of drug-likeness (QED) is 0.358. The number of ether oxygens (including phenoxy) is 6. The van der Waals surface area contributed by atoms with E-state index in [2.05, 4.69) is 0 Å². The second-order valence-corrected chi connectivity index (χ2v) is 5.15. The molecule has 0 saturated carbocycles. The minimum Gasteiger partial charge on any atom is -0.462 e. The first-order valence-corrected chi connectivity index (χ1v) is 7.66. The highest BCUT2D eigenvalue weighted by Gasteiger charge is 2.40.